The summed E-state index contributed by atoms with van der Waals surface area (Å²) >= 11 is 0. The number of fused-ring (bicyclic) bond motifs is 1. The maximum atomic E-state index is 12.7. The maximum Gasteiger partial charge on any atom is 0.319 e. The molecule has 0 bridgehead atoms. The first-order chi connectivity index (χ1) is 14.5. The van der Waals surface area contributed by atoms with Gasteiger partial charge in [0.2, 0.25) is 0 Å². The number of ether oxygens (including phenoxy) is 1. The molecule has 0 saturated carbocycles. The normalized spacial score (nSPS) is 16.0. The molecule has 0 aliphatic carbocycles. The van der Waals surface area contributed by atoms with Gasteiger partial charge in [-0.25, -0.2) is 4.79 Å². The van der Waals surface area contributed by atoms with E-state index in [1.165, 1.54) is 0 Å². The second-order valence-electron chi connectivity index (χ2n) is 7.50. The quantitative estimate of drug-likeness (QED) is 0.716. The third-order valence-electron chi connectivity index (χ3n) is 5.25. The molecule has 0 spiro atoms. The van der Waals surface area contributed by atoms with E-state index in [-0.39, 0.29) is 17.9 Å². The minimum Gasteiger partial charge on any atom is -0.497 e. The monoisotopic (exact) mass is 408 g/mol. The first kappa shape index (κ1) is 19.7. The zero-order valence-electron chi connectivity index (χ0n) is 17.2. The van der Waals surface area contributed by atoms with Crippen LogP contribution >= 0.6 is 0 Å². The van der Waals surface area contributed by atoms with E-state index in [4.69, 9.17) is 4.74 Å². The number of anilines is 1. The Morgan fingerprint density at radius 2 is 1.90 bits per heavy atom. The van der Waals surface area contributed by atoms with E-state index in [0.29, 0.717) is 30.0 Å². The van der Waals surface area contributed by atoms with E-state index < -0.39 is 0 Å². The zero-order valence-corrected chi connectivity index (χ0v) is 17.2. The summed E-state index contributed by atoms with van der Waals surface area (Å²) in [5.41, 5.74) is 1.85. The van der Waals surface area contributed by atoms with E-state index in [9.17, 15) is 9.59 Å². The minimum absolute atomic E-state index is 0.00845. The molecular weight excluding hydrogens is 384 g/mol. The number of nitrogens with one attached hydrogen (secondary N) is 1. The van der Waals surface area contributed by atoms with Crippen LogP contribution in [0.15, 0.2) is 42.6 Å². The Morgan fingerprint density at radius 1 is 1.13 bits per heavy atom. The Hall–Kier alpha value is -3.62. The summed E-state index contributed by atoms with van der Waals surface area (Å²) in [4.78, 5) is 28.3. The van der Waals surface area contributed by atoms with Crippen molar-refractivity contribution in [3.63, 3.8) is 0 Å². The van der Waals surface area contributed by atoms with Gasteiger partial charge in [0.1, 0.15) is 11.6 Å². The molecule has 156 valence electrons. The number of likely N-dealkylation sites (tertiary alicyclic amines) is 1. The van der Waals surface area contributed by atoms with Crippen molar-refractivity contribution in [3.8, 4) is 5.75 Å². The highest BCUT2D eigenvalue weighted by atomic mass is 16.5. The van der Waals surface area contributed by atoms with Crippen molar-refractivity contribution < 1.29 is 14.3 Å². The number of pyridine rings is 1. The summed E-state index contributed by atoms with van der Waals surface area (Å²) in [5, 5.41) is 11.4. The lowest BCUT2D eigenvalue weighted by Crippen LogP contribution is -2.37. The summed E-state index contributed by atoms with van der Waals surface area (Å²) in [6.07, 6.45) is 2.56. The average Bonchev–Trinajstić information content (AvgIpc) is 3.40. The van der Waals surface area contributed by atoms with E-state index >= 15 is 0 Å². The van der Waals surface area contributed by atoms with Crippen LogP contribution in [-0.4, -0.2) is 70.6 Å². The molecule has 1 fully saturated rings. The smallest absolute Gasteiger partial charge is 0.319 e. The van der Waals surface area contributed by atoms with Gasteiger partial charge in [0.25, 0.3) is 5.91 Å². The van der Waals surface area contributed by atoms with Crippen molar-refractivity contribution in [1.29, 1.82) is 0 Å². The van der Waals surface area contributed by atoms with Crippen LogP contribution in [0.25, 0.3) is 5.65 Å². The van der Waals surface area contributed by atoms with E-state index in [0.717, 1.165) is 18.0 Å². The van der Waals surface area contributed by atoms with Crippen LogP contribution in [0, 0.1) is 0 Å². The van der Waals surface area contributed by atoms with E-state index in [2.05, 4.69) is 15.5 Å². The third kappa shape index (κ3) is 3.78. The lowest BCUT2D eigenvalue weighted by atomic mass is 10.1. The Bertz CT molecular complexity index is 1080. The largest absolute Gasteiger partial charge is 0.497 e. The Balaban J connectivity index is 1.54. The molecule has 1 aromatic carbocycles. The molecule has 2 aromatic heterocycles. The van der Waals surface area contributed by atoms with Crippen LogP contribution in [0.4, 0.5) is 10.5 Å². The number of nitrogens with zero attached hydrogens (tertiary/aromatic N) is 5. The first-order valence-electron chi connectivity index (χ1n) is 9.72. The standard InChI is InChI=1S/C21H24N6O3/c1-25(2)21(29)26-11-10-14(12-26)19-24-23-18-9-4-15(13-27(18)19)20(28)22-16-5-7-17(30-3)8-6-16/h4-9,13-14H,10-12H2,1-3H3,(H,22,28)/t14-/m1/s1. The molecule has 3 aromatic rings. The number of amides is 3. The van der Waals surface area contributed by atoms with Crippen molar-refractivity contribution in [1.82, 2.24) is 24.4 Å². The van der Waals surface area contributed by atoms with Crippen molar-refractivity contribution in [3.05, 3.63) is 54.0 Å². The SMILES string of the molecule is COc1ccc(NC(=O)c2ccc3nnc([C@@H]4CCN(C(=O)N(C)C)C4)n3c2)cc1. The second-order valence-corrected chi connectivity index (χ2v) is 7.50. The van der Waals surface area contributed by atoms with Crippen LogP contribution in [0.2, 0.25) is 0 Å². The third-order valence-corrected chi connectivity index (χ3v) is 5.25. The number of benzene rings is 1. The van der Waals surface area contributed by atoms with Gasteiger partial charge >= 0.3 is 6.03 Å². The van der Waals surface area contributed by atoms with E-state index in [1.807, 2.05) is 9.30 Å². The highest BCUT2D eigenvalue weighted by molar-refractivity contribution is 6.04. The van der Waals surface area contributed by atoms with Crippen LogP contribution in [0.1, 0.15) is 28.5 Å². The number of rotatable bonds is 4. The number of carbonyl (C=O) groups is 2. The summed E-state index contributed by atoms with van der Waals surface area (Å²) in [6.45, 7) is 1.26. The fourth-order valence-electron chi connectivity index (χ4n) is 3.63. The maximum absolute atomic E-state index is 12.7. The molecule has 1 aliphatic heterocycles. The molecule has 30 heavy (non-hydrogen) atoms. The number of urea groups is 1. The van der Waals surface area contributed by atoms with Crippen LogP contribution < -0.4 is 10.1 Å². The predicted molar refractivity (Wildman–Crippen MR) is 112 cm³/mol. The summed E-state index contributed by atoms with van der Waals surface area (Å²) in [5.74, 6) is 1.33. The van der Waals surface area contributed by atoms with Gasteiger partial charge in [-0.15, -0.1) is 10.2 Å². The molecule has 3 amide bonds. The lowest BCUT2D eigenvalue weighted by Gasteiger charge is -2.21. The molecule has 9 nitrogen and oxygen atoms in total. The van der Waals surface area contributed by atoms with Crippen molar-refractivity contribution in [2.75, 3.05) is 39.6 Å². The molecular formula is C21H24N6O3. The molecule has 0 radical (unpaired) electrons. The number of carbonyl (C=O) groups excluding carboxylic acids is 2. The number of aromatic nitrogens is 3. The van der Waals surface area contributed by atoms with Gasteiger partial charge in [-0.3, -0.25) is 9.20 Å². The Morgan fingerprint density at radius 3 is 2.60 bits per heavy atom. The van der Waals surface area contributed by atoms with Crippen molar-refractivity contribution in [2.45, 2.75) is 12.3 Å². The summed E-state index contributed by atoms with van der Waals surface area (Å²) in [6, 6.07) is 10.6. The highest BCUT2D eigenvalue weighted by Crippen LogP contribution is 2.27. The molecule has 1 N–H and O–H groups in total. The zero-order chi connectivity index (χ0) is 21.3. The van der Waals surface area contributed by atoms with Gasteiger partial charge < -0.3 is 19.9 Å². The molecule has 9 heteroatoms. The van der Waals surface area contributed by atoms with Gasteiger partial charge in [-0.05, 0) is 42.8 Å². The van der Waals surface area contributed by atoms with Crippen LogP contribution in [0.3, 0.4) is 0 Å². The van der Waals surface area contributed by atoms with Gasteiger partial charge in [0.15, 0.2) is 5.65 Å². The van der Waals surface area contributed by atoms with Crippen molar-refractivity contribution >= 4 is 23.3 Å². The molecule has 0 unspecified atom stereocenters. The van der Waals surface area contributed by atoms with Crippen molar-refractivity contribution in [2.24, 2.45) is 0 Å². The highest BCUT2D eigenvalue weighted by Gasteiger charge is 2.31. The number of hydrogen-bond donors (Lipinski definition) is 1. The number of methoxy groups -OCH3 is 1. The summed E-state index contributed by atoms with van der Waals surface area (Å²) in [7, 11) is 5.09. The first-order valence-corrected chi connectivity index (χ1v) is 9.72. The van der Waals surface area contributed by atoms with Gasteiger partial charge in [-0.1, -0.05) is 0 Å². The molecule has 1 saturated heterocycles. The second kappa shape index (κ2) is 8.02. The molecule has 4 rings (SSSR count). The van der Waals surface area contributed by atoms with Crippen LogP contribution in [-0.2, 0) is 0 Å². The fourth-order valence-corrected chi connectivity index (χ4v) is 3.63. The number of hydrogen-bond acceptors (Lipinski definition) is 5. The Labute approximate surface area is 174 Å². The van der Waals surface area contributed by atoms with Gasteiger partial charge in [0, 0.05) is 45.0 Å². The van der Waals surface area contributed by atoms with Gasteiger partial charge in [0.05, 0.1) is 12.7 Å². The van der Waals surface area contributed by atoms with Gasteiger partial charge in [-0.2, -0.15) is 0 Å². The minimum atomic E-state index is -0.224. The van der Waals surface area contributed by atoms with E-state index in [1.54, 1.807) is 68.7 Å². The Kier molecular flexibility index (Phi) is 5.26. The topological polar surface area (TPSA) is 92.1 Å². The summed E-state index contributed by atoms with van der Waals surface area (Å²) < 4.78 is 6.98. The predicted octanol–water partition coefficient (Wildman–Crippen LogP) is 2.46. The average molecular weight is 408 g/mol. The molecule has 1 atom stereocenters. The van der Waals surface area contributed by atoms with Crippen LogP contribution in [0.5, 0.6) is 5.75 Å². The molecule has 3 heterocycles. The molecule has 1 aliphatic rings. The lowest BCUT2D eigenvalue weighted by molar-refractivity contribution is 0.102. The fraction of sp³-hybridized carbons (Fsp3) is 0.333.